The summed E-state index contributed by atoms with van der Waals surface area (Å²) in [6, 6.07) is 34.1. The fraction of sp³-hybridized carbons (Fsp3) is 0.216. The highest BCUT2D eigenvalue weighted by Crippen LogP contribution is 2.39. The number of carbonyl (C=O) groups is 3. The molecule has 0 saturated heterocycles. The van der Waals surface area contributed by atoms with Gasteiger partial charge in [-0.25, -0.2) is 0 Å². The van der Waals surface area contributed by atoms with Gasteiger partial charge in [-0.2, -0.15) is 0 Å². The molecule has 1 aliphatic rings. The summed E-state index contributed by atoms with van der Waals surface area (Å²) in [5.41, 5.74) is 14.8. The van der Waals surface area contributed by atoms with E-state index in [0.29, 0.717) is 12.1 Å². The van der Waals surface area contributed by atoms with Crippen molar-refractivity contribution in [3.05, 3.63) is 125 Å². The van der Waals surface area contributed by atoms with Crippen molar-refractivity contribution in [2.24, 2.45) is 5.92 Å². The van der Waals surface area contributed by atoms with Gasteiger partial charge in [-0.1, -0.05) is 97.8 Å². The first-order valence-electron chi connectivity index (χ1n) is 15.1. The standard InChI is InChI=1S/C37H35N4O3/c38-34(42)23-39-32-16-8-7-15-30(32)37(44)41-36(43)29-14-5-4-12-27(29)25-20-18-24(19-21-25)22-31-28-13-6-9-17-33(28)40-35(31)26-10-2-1-3-11-26/h1-3,6-11,13,15-21,27,29,38-40H,4-5,12,14,22-23H2,(H,41,43,44). The molecule has 1 aliphatic carbocycles. The topological polar surface area (TPSA) is 115 Å². The van der Waals surface area contributed by atoms with Crippen molar-refractivity contribution >= 4 is 34.3 Å². The molecule has 0 spiro atoms. The number of aromatic nitrogens is 1. The van der Waals surface area contributed by atoms with E-state index >= 15 is 0 Å². The molecule has 0 bridgehead atoms. The van der Waals surface area contributed by atoms with Crippen molar-refractivity contribution < 1.29 is 14.4 Å². The molecular weight excluding hydrogens is 548 g/mol. The van der Waals surface area contributed by atoms with Crippen molar-refractivity contribution in [1.82, 2.24) is 16.0 Å². The van der Waals surface area contributed by atoms with Crippen LogP contribution in [0.2, 0.25) is 0 Å². The number of carbonyl (C=O) groups excluding carboxylic acids is 3. The monoisotopic (exact) mass is 583 g/mol. The van der Waals surface area contributed by atoms with Crippen LogP contribution in [0, 0.1) is 5.92 Å². The summed E-state index contributed by atoms with van der Waals surface area (Å²) in [7, 11) is 0. The third kappa shape index (κ3) is 6.27. The lowest BCUT2D eigenvalue weighted by Crippen LogP contribution is -2.39. The summed E-state index contributed by atoms with van der Waals surface area (Å²) >= 11 is 0. The van der Waals surface area contributed by atoms with Gasteiger partial charge < -0.3 is 10.3 Å². The van der Waals surface area contributed by atoms with Crippen molar-refractivity contribution in [3.63, 3.8) is 0 Å². The Morgan fingerprint density at radius 3 is 2.30 bits per heavy atom. The summed E-state index contributed by atoms with van der Waals surface area (Å²) < 4.78 is 0. The number of para-hydroxylation sites is 2. The predicted molar refractivity (Wildman–Crippen MR) is 173 cm³/mol. The molecule has 4 N–H and O–H groups in total. The quantitative estimate of drug-likeness (QED) is 0.164. The maximum atomic E-state index is 13.5. The molecule has 44 heavy (non-hydrogen) atoms. The third-order valence-electron chi connectivity index (χ3n) is 8.62. The van der Waals surface area contributed by atoms with Crippen molar-refractivity contribution in [2.75, 3.05) is 11.9 Å². The zero-order valence-corrected chi connectivity index (χ0v) is 24.4. The van der Waals surface area contributed by atoms with Crippen molar-refractivity contribution in [2.45, 2.75) is 38.0 Å². The summed E-state index contributed by atoms with van der Waals surface area (Å²) in [6.45, 7) is -0.215. The summed E-state index contributed by atoms with van der Waals surface area (Å²) in [5, 5.41) is 6.65. The predicted octanol–water partition coefficient (Wildman–Crippen LogP) is 6.88. The van der Waals surface area contributed by atoms with Gasteiger partial charge >= 0.3 is 0 Å². The minimum Gasteiger partial charge on any atom is -0.375 e. The third-order valence-corrected chi connectivity index (χ3v) is 8.62. The van der Waals surface area contributed by atoms with E-state index in [2.05, 4.69) is 82.3 Å². The Bertz CT molecular complexity index is 1790. The van der Waals surface area contributed by atoms with Gasteiger partial charge in [0.2, 0.25) is 5.91 Å². The van der Waals surface area contributed by atoms with E-state index in [0.717, 1.165) is 48.0 Å². The Morgan fingerprint density at radius 1 is 0.795 bits per heavy atom. The van der Waals surface area contributed by atoms with Gasteiger partial charge in [0.25, 0.3) is 11.8 Å². The van der Waals surface area contributed by atoms with Crippen molar-refractivity contribution in [3.8, 4) is 11.3 Å². The number of hydrogen-bond acceptors (Lipinski definition) is 4. The molecule has 2 atom stereocenters. The highest BCUT2D eigenvalue weighted by atomic mass is 16.2. The molecule has 1 radical (unpaired) electrons. The van der Waals surface area contributed by atoms with Gasteiger partial charge in [0, 0.05) is 28.9 Å². The lowest BCUT2D eigenvalue weighted by atomic mass is 9.75. The minimum atomic E-state index is -0.787. The molecule has 2 unspecified atom stereocenters. The lowest BCUT2D eigenvalue weighted by Gasteiger charge is -2.31. The first-order valence-corrected chi connectivity index (χ1v) is 15.1. The van der Waals surface area contributed by atoms with E-state index in [-0.39, 0.29) is 29.9 Å². The molecule has 1 fully saturated rings. The molecule has 1 heterocycles. The molecule has 0 aliphatic heterocycles. The molecule has 4 aromatic carbocycles. The largest absolute Gasteiger partial charge is 0.375 e. The van der Waals surface area contributed by atoms with Gasteiger partial charge in [0.1, 0.15) is 0 Å². The number of benzene rings is 4. The zero-order valence-electron chi connectivity index (χ0n) is 24.4. The highest BCUT2D eigenvalue weighted by molar-refractivity contribution is 6.08. The smallest absolute Gasteiger partial charge is 0.259 e. The van der Waals surface area contributed by atoms with Crippen LogP contribution >= 0.6 is 0 Å². The molecule has 5 aromatic rings. The highest BCUT2D eigenvalue weighted by Gasteiger charge is 2.33. The number of anilines is 1. The fourth-order valence-corrected chi connectivity index (χ4v) is 6.45. The number of rotatable bonds is 9. The normalized spacial score (nSPS) is 16.4. The average Bonchev–Trinajstić information content (AvgIpc) is 3.42. The average molecular weight is 584 g/mol. The van der Waals surface area contributed by atoms with Crippen LogP contribution in [0.1, 0.15) is 58.6 Å². The van der Waals surface area contributed by atoms with E-state index < -0.39 is 11.8 Å². The second-order valence-corrected chi connectivity index (χ2v) is 11.4. The van der Waals surface area contributed by atoms with Crippen LogP contribution in [0.5, 0.6) is 0 Å². The number of hydrogen-bond donors (Lipinski definition) is 3. The minimum absolute atomic E-state index is 0.0212. The molecule has 1 aromatic heterocycles. The number of aromatic amines is 1. The SMILES string of the molecule is [NH]C(=O)CNc1ccccc1C(=O)NC(=O)C1CCCCC1c1ccc(Cc2c(-c3ccccc3)[nH]c3ccccc23)cc1. The van der Waals surface area contributed by atoms with E-state index in [9.17, 15) is 14.4 Å². The first kappa shape index (κ1) is 28.9. The van der Waals surface area contributed by atoms with E-state index in [1.54, 1.807) is 24.3 Å². The van der Waals surface area contributed by atoms with Crippen LogP contribution in [0.15, 0.2) is 103 Å². The fourth-order valence-electron chi connectivity index (χ4n) is 6.45. The number of imide groups is 1. The van der Waals surface area contributed by atoms with Gasteiger partial charge in [-0.05, 0) is 59.2 Å². The number of amides is 3. The lowest BCUT2D eigenvalue weighted by molar-refractivity contribution is -0.125. The Kier molecular flexibility index (Phi) is 8.55. The van der Waals surface area contributed by atoms with Crippen LogP contribution in [0.3, 0.4) is 0 Å². The van der Waals surface area contributed by atoms with Gasteiger partial charge in [-0.3, -0.25) is 25.4 Å². The molecule has 3 amide bonds. The summed E-state index contributed by atoms with van der Waals surface area (Å²) in [6.07, 6.45) is 4.35. The van der Waals surface area contributed by atoms with Gasteiger partial charge in [0.05, 0.1) is 17.8 Å². The summed E-state index contributed by atoms with van der Waals surface area (Å²) in [4.78, 5) is 41.4. The Balaban J connectivity index is 1.19. The Hall–Kier alpha value is -5.17. The number of H-pyrrole nitrogens is 1. The number of fused-ring (bicyclic) bond motifs is 1. The number of nitrogens with one attached hydrogen (secondary N) is 4. The van der Waals surface area contributed by atoms with Crippen LogP contribution in [0.25, 0.3) is 22.2 Å². The maximum Gasteiger partial charge on any atom is 0.259 e. The van der Waals surface area contributed by atoms with Crippen molar-refractivity contribution in [1.29, 1.82) is 0 Å². The van der Waals surface area contributed by atoms with E-state index in [4.69, 9.17) is 5.73 Å². The van der Waals surface area contributed by atoms with Gasteiger partial charge in [0.15, 0.2) is 0 Å². The molecule has 221 valence electrons. The van der Waals surface area contributed by atoms with Crippen LogP contribution in [-0.2, 0) is 16.0 Å². The molecule has 7 nitrogen and oxygen atoms in total. The van der Waals surface area contributed by atoms with E-state index in [1.807, 2.05) is 12.1 Å². The van der Waals surface area contributed by atoms with Crippen LogP contribution < -0.4 is 16.4 Å². The zero-order chi connectivity index (χ0) is 30.5. The second-order valence-electron chi connectivity index (χ2n) is 11.4. The van der Waals surface area contributed by atoms with Crippen LogP contribution in [-0.4, -0.2) is 29.3 Å². The maximum absolute atomic E-state index is 13.5. The molecule has 1 saturated carbocycles. The first-order chi connectivity index (χ1) is 21.5. The molecule has 6 rings (SSSR count). The van der Waals surface area contributed by atoms with Crippen LogP contribution in [0.4, 0.5) is 5.69 Å². The molecule has 7 heteroatoms. The second kappa shape index (κ2) is 13.0. The summed E-state index contributed by atoms with van der Waals surface area (Å²) in [5.74, 6) is -1.87. The van der Waals surface area contributed by atoms with E-state index in [1.165, 1.54) is 16.5 Å². The Labute approximate surface area is 256 Å². The van der Waals surface area contributed by atoms with Gasteiger partial charge in [-0.15, -0.1) is 0 Å². The Morgan fingerprint density at radius 2 is 1.50 bits per heavy atom. The molecular formula is C37H35N4O3.